The van der Waals surface area contributed by atoms with Gasteiger partial charge in [-0.15, -0.1) is 5.10 Å². The van der Waals surface area contributed by atoms with E-state index in [0.717, 1.165) is 0 Å². The minimum atomic E-state index is -3.02. The van der Waals surface area contributed by atoms with Crippen molar-refractivity contribution in [1.29, 1.82) is 0 Å². The van der Waals surface area contributed by atoms with Gasteiger partial charge in [-0.25, -0.2) is 22.3 Å². The largest absolute Gasteiger partial charge is 0.442 e. The number of sulfone groups is 1. The molecular formula is C18H21FN4O5S. The van der Waals surface area contributed by atoms with Gasteiger partial charge in [-0.05, 0) is 36.5 Å². The molecule has 0 spiro atoms. The number of carbonyl (C=O) groups is 1. The maximum atomic E-state index is 14.8. The first-order chi connectivity index (χ1) is 13.9. The molecular weight excluding hydrogens is 403 g/mol. The highest BCUT2D eigenvalue weighted by molar-refractivity contribution is 7.91. The molecule has 1 amide bonds. The van der Waals surface area contributed by atoms with E-state index in [1.807, 2.05) is 0 Å². The summed E-state index contributed by atoms with van der Waals surface area (Å²) < 4.78 is 44.7. The number of anilines is 1. The molecule has 2 aliphatic heterocycles. The van der Waals surface area contributed by atoms with Crippen molar-refractivity contribution in [3.8, 4) is 0 Å². The zero-order valence-corrected chi connectivity index (χ0v) is 16.3. The number of ether oxygens (including phenoxy) is 1. The van der Waals surface area contributed by atoms with Gasteiger partial charge in [0.1, 0.15) is 27.8 Å². The number of aliphatic hydroxyl groups excluding tert-OH is 1. The van der Waals surface area contributed by atoms with Crippen molar-refractivity contribution in [1.82, 2.24) is 15.0 Å². The molecule has 1 N–H and O–H groups in total. The fourth-order valence-electron chi connectivity index (χ4n) is 3.88. The highest BCUT2D eigenvalue weighted by Gasteiger charge is 2.39. The van der Waals surface area contributed by atoms with E-state index in [4.69, 9.17) is 4.74 Å². The van der Waals surface area contributed by atoms with Gasteiger partial charge in [0, 0.05) is 6.20 Å². The molecule has 0 aliphatic carbocycles. The molecule has 1 aromatic carbocycles. The number of hydrogen-bond donors (Lipinski definition) is 1. The molecule has 29 heavy (non-hydrogen) atoms. The average molecular weight is 424 g/mol. The van der Waals surface area contributed by atoms with Gasteiger partial charge in [0.2, 0.25) is 0 Å². The van der Waals surface area contributed by atoms with Crippen LogP contribution in [-0.4, -0.2) is 65.4 Å². The average Bonchev–Trinajstić information content (AvgIpc) is 3.33. The lowest BCUT2D eigenvalue weighted by molar-refractivity contribution is 0.0734. The van der Waals surface area contributed by atoms with Crippen LogP contribution in [0.3, 0.4) is 0 Å². The number of aliphatic hydroxyl groups is 1. The van der Waals surface area contributed by atoms with Crippen molar-refractivity contribution >= 4 is 21.6 Å². The molecule has 2 atom stereocenters. The predicted molar refractivity (Wildman–Crippen MR) is 101 cm³/mol. The molecule has 4 rings (SSSR count). The van der Waals surface area contributed by atoms with Crippen molar-refractivity contribution in [2.75, 3.05) is 29.6 Å². The smallest absolute Gasteiger partial charge is 0.414 e. The second-order valence-electron chi connectivity index (χ2n) is 7.30. The topological polar surface area (TPSA) is 115 Å². The number of rotatable bonds is 5. The summed E-state index contributed by atoms with van der Waals surface area (Å²) in [6.45, 7) is -0.169. The number of hydrogen-bond acceptors (Lipinski definition) is 7. The summed E-state index contributed by atoms with van der Waals surface area (Å²) in [7, 11) is -3.02. The molecule has 11 heteroatoms. The Morgan fingerprint density at radius 1 is 1.31 bits per heavy atom. The number of carbonyl (C=O) groups excluding carboxylic acids is 1. The number of cyclic esters (lactones) is 1. The molecule has 156 valence electrons. The van der Waals surface area contributed by atoms with Gasteiger partial charge in [0.15, 0.2) is 0 Å². The van der Waals surface area contributed by atoms with E-state index in [0.29, 0.717) is 24.1 Å². The summed E-state index contributed by atoms with van der Waals surface area (Å²) in [6.07, 6.45) is 2.51. The maximum Gasteiger partial charge on any atom is 0.414 e. The summed E-state index contributed by atoms with van der Waals surface area (Å²) >= 11 is 0. The fourth-order valence-corrected chi connectivity index (χ4v) is 5.37. The van der Waals surface area contributed by atoms with Crippen LogP contribution in [0.15, 0.2) is 30.6 Å². The summed E-state index contributed by atoms with van der Waals surface area (Å²) in [5.74, 6) is -0.511. The van der Waals surface area contributed by atoms with Gasteiger partial charge in [-0.2, -0.15) is 0 Å². The van der Waals surface area contributed by atoms with Crippen LogP contribution in [0, 0.1) is 5.82 Å². The molecule has 1 unspecified atom stereocenters. The van der Waals surface area contributed by atoms with E-state index < -0.39 is 33.9 Å². The van der Waals surface area contributed by atoms with Gasteiger partial charge in [-0.1, -0.05) is 11.3 Å². The predicted octanol–water partition coefficient (Wildman–Crippen LogP) is 1.27. The van der Waals surface area contributed by atoms with Gasteiger partial charge in [0.25, 0.3) is 0 Å². The molecule has 2 aromatic rings. The first kappa shape index (κ1) is 19.8. The Kier molecular flexibility index (Phi) is 5.26. The third-order valence-corrected chi connectivity index (χ3v) is 7.24. The number of amides is 1. The van der Waals surface area contributed by atoms with Crippen LogP contribution < -0.4 is 4.90 Å². The second-order valence-corrected chi connectivity index (χ2v) is 9.60. The normalized spacial score (nSPS) is 23.2. The molecule has 2 fully saturated rings. The van der Waals surface area contributed by atoms with Crippen molar-refractivity contribution in [2.24, 2.45) is 0 Å². The Morgan fingerprint density at radius 2 is 2.07 bits per heavy atom. The van der Waals surface area contributed by atoms with Crippen molar-refractivity contribution < 1.29 is 27.4 Å². The second kappa shape index (κ2) is 7.71. The Morgan fingerprint density at radius 3 is 2.69 bits per heavy atom. The molecule has 0 bridgehead atoms. The first-order valence-electron chi connectivity index (χ1n) is 9.32. The highest BCUT2D eigenvalue weighted by atomic mass is 32.2. The van der Waals surface area contributed by atoms with Crippen LogP contribution in [0.25, 0.3) is 0 Å². The van der Waals surface area contributed by atoms with E-state index in [1.54, 1.807) is 18.3 Å². The lowest BCUT2D eigenvalue weighted by Gasteiger charge is -2.23. The van der Waals surface area contributed by atoms with E-state index in [1.165, 1.54) is 21.8 Å². The van der Waals surface area contributed by atoms with E-state index in [9.17, 15) is 22.7 Å². The van der Waals surface area contributed by atoms with Gasteiger partial charge in [-0.3, -0.25) is 4.90 Å². The summed E-state index contributed by atoms with van der Waals surface area (Å²) in [4.78, 5) is 13.6. The van der Waals surface area contributed by atoms with Crippen LogP contribution in [0.5, 0.6) is 0 Å². The zero-order valence-electron chi connectivity index (χ0n) is 15.5. The third kappa shape index (κ3) is 3.97. The van der Waals surface area contributed by atoms with Crippen LogP contribution >= 0.6 is 0 Å². The number of halogens is 1. The van der Waals surface area contributed by atoms with Gasteiger partial charge in [0.05, 0.1) is 36.5 Å². The first-order valence-corrected chi connectivity index (χ1v) is 11.1. The van der Waals surface area contributed by atoms with Crippen LogP contribution in [0.2, 0.25) is 0 Å². The van der Waals surface area contributed by atoms with Crippen LogP contribution in [-0.2, 0) is 14.6 Å². The third-order valence-electron chi connectivity index (χ3n) is 5.52. The standard InChI is InChI=1S/C18H21FN4O5S/c19-15-9-13(1-2-14(15)12-3-7-29(26,27)8-4-12)22-10-17(28-18(22)25)16(11-24)23-6-5-20-21-23/h1-2,5-6,9,12,16-17,24H,3-4,7-8,10-11H2/t16?,17-/m1/s1. The molecule has 3 heterocycles. The van der Waals surface area contributed by atoms with E-state index >= 15 is 0 Å². The lowest BCUT2D eigenvalue weighted by Crippen LogP contribution is -2.32. The van der Waals surface area contributed by atoms with Crippen molar-refractivity contribution in [3.05, 3.63) is 42.0 Å². The van der Waals surface area contributed by atoms with E-state index in [-0.39, 0.29) is 30.6 Å². The number of nitrogens with zero attached hydrogens (tertiary/aromatic N) is 4. The summed E-state index contributed by atoms with van der Waals surface area (Å²) in [5.41, 5.74) is 0.807. The molecule has 1 aromatic heterocycles. The zero-order chi connectivity index (χ0) is 20.6. The van der Waals surface area contributed by atoms with E-state index in [2.05, 4.69) is 10.3 Å². The Bertz CT molecular complexity index is 984. The molecule has 9 nitrogen and oxygen atoms in total. The SMILES string of the molecule is O=C1O[C@@H](C(CO)n2ccnn2)CN1c1ccc(C2CCS(=O)(=O)CC2)c(F)c1. The van der Waals surface area contributed by atoms with Crippen molar-refractivity contribution in [2.45, 2.75) is 30.9 Å². The quantitative estimate of drug-likeness (QED) is 0.769. The van der Waals surface area contributed by atoms with Crippen molar-refractivity contribution in [3.63, 3.8) is 0 Å². The number of aromatic nitrogens is 3. The van der Waals surface area contributed by atoms with Gasteiger partial charge >= 0.3 is 6.09 Å². The number of benzene rings is 1. The minimum absolute atomic E-state index is 0.0593. The lowest BCUT2D eigenvalue weighted by atomic mass is 9.93. The highest BCUT2D eigenvalue weighted by Crippen LogP contribution is 2.34. The van der Waals surface area contributed by atoms with Crippen LogP contribution in [0.4, 0.5) is 14.9 Å². The Hall–Kier alpha value is -2.53. The fraction of sp³-hybridized carbons (Fsp3) is 0.500. The molecule has 2 saturated heterocycles. The monoisotopic (exact) mass is 424 g/mol. The molecule has 2 aliphatic rings. The maximum absolute atomic E-state index is 14.8. The summed E-state index contributed by atoms with van der Waals surface area (Å²) in [5, 5.41) is 17.2. The summed E-state index contributed by atoms with van der Waals surface area (Å²) in [6, 6.07) is 3.91. The van der Waals surface area contributed by atoms with Gasteiger partial charge < -0.3 is 9.84 Å². The van der Waals surface area contributed by atoms with Crippen LogP contribution in [0.1, 0.15) is 30.4 Å². The minimum Gasteiger partial charge on any atom is -0.442 e. The molecule has 0 radical (unpaired) electrons. The Balaban J connectivity index is 1.50. The molecule has 0 saturated carbocycles. The Labute approximate surface area is 167 Å².